The van der Waals surface area contributed by atoms with Crippen LogP contribution in [0, 0.1) is 17.7 Å². The molecular formula is C28H31FN4O. The second-order valence-corrected chi connectivity index (χ2v) is 10.6. The van der Waals surface area contributed by atoms with Gasteiger partial charge in [-0.25, -0.2) is 9.37 Å². The summed E-state index contributed by atoms with van der Waals surface area (Å²) in [6, 6.07) is 11.8. The summed E-state index contributed by atoms with van der Waals surface area (Å²) < 4.78 is 13.9. The van der Waals surface area contributed by atoms with Gasteiger partial charge in [0.15, 0.2) is 11.6 Å². The number of carbonyl (C=O) groups excluding carboxylic acids is 1. The summed E-state index contributed by atoms with van der Waals surface area (Å²) in [6.45, 7) is 2.43. The van der Waals surface area contributed by atoms with Crippen molar-refractivity contribution in [2.75, 3.05) is 5.32 Å². The number of hydrogen-bond acceptors (Lipinski definition) is 3. The number of H-pyrrole nitrogens is 1. The van der Waals surface area contributed by atoms with Gasteiger partial charge in [0.2, 0.25) is 5.91 Å². The molecule has 0 radical (unpaired) electrons. The summed E-state index contributed by atoms with van der Waals surface area (Å²) in [4.78, 5) is 16.4. The van der Waals surface area contributed by atoms with Gasteiger partial charge in [-0.2, -0.15) is 5.10 Å². The number of nitrogens with zero attached hydrogens (tertiary/aromatic N) is 2. The Morgan fingerprint density at radius 2 is 2.09 bits per heavy atom. The Hall–Kier alpha value is -3.02. The van der Waals surface area contributed by atoms with Gasteiger partial charge in [-0.1, -0.05) is 31.2 Å². The van der Waals surface area contributed by atoms with E-state index in [0.29, 0.717) is 30.1 Å². The van der Waals surface area contributed by atoms with Gasteiger partial charge < -0.3 is 5.32 Å². The molecule has 0 bridgehead atoms. The highest BCUT2D eigenvalue weighted by Gasteiger charge is 2.57. The molecule has 3 aromatic rings. The number of hydrogen-bond donors (Lipinski definition) is 2. The molecule has 0 aliphatic heterocycles. The van der Waals surface area contributed by atoms with Crippen LogP contribution >= 0.6 is 0 Å². The number of pyridine rings is 1. The van der Waals surface area contributed by atoms with Crippen molar-refractivity contribution in [2.24, 2.45) is 11.8 Å². The van der Waals surface area contributed by atoms with Gasteiger partial charge in [0, 0.05) is 23.7 Å². The van der Waals surface area contributed by atoms with Crippen LogP contribution in [0.4, 0.5) is 10.2 Å². The zero-order chi connectivity index (χ0) is 23.3. The van der Waals surface area contributed by atoms with Crippen LogP contribution in [-0.2, 0) is 16.6 Å². The SMILES string of the molecule is C[C@]12CCC3c4ccccc4CCC3C1[C@H](CCCC(=O)Nc1ncccc1F)c1cn[nH]c12. The molecule has 1 amide bonds. The fraction of sp³-hybridized carbons (Fsp3) is 0.464. The van der Waals surface area contributed by atoms with Crippen molar-refractivity contribution in [3.63, 3.8) is 0 Å². The van der Waals surface area contributed by atoms with E-state index >= 15 is 0 Å². The predicted molar refractivity (Wildman–Crippen MR) is 129 cm³/mol. The van der Waals surface area contributed by atoms with Gasteiger partial charge >= 0.3 is 0 Å². The third-order valence-corrected chi connectivity index (χ3v) is 8.90. The summed E-state index contributed by atoms with van der Waals surface area (Å²) in [5, 5.41) is 10.4. The molecule has 6 rings (SSSR count). The maximum Gasteiger partial charge on any atom is 0.225 e. The fourth-order valence-corrected chi connectivity index (χ4v) is 7.52. The zero-order valence-corrected chi connectivity index (χ0v) is 19.6. The van der Waals surface area contributed by atoms with E-state index in [9.17, 15) is 9.18 Å². The molecule has 3 aliphatic rings. The molecule has 34 heavy (non-hydrogen) atoms. The highest BCUT2D eigenvalue weighted by molar-refractivity contribution is 5.89. The van der Waals surface area contributed by atoms with Crippen LogP contribution in [0.25, 0.3) is 0 Å². The molecule has 1 aromatic carbocycles. The molecule has 6 heteroatoms. The first-order chi connectivity index (χ1) is 16.6. The molecule has 2 N–H and O–H groups in total. The number of benzene rings is 1. The van der Waals surface area contributed by atoms with E-state index in [1.165, 1.54) is 48.0 Å². The maximum atomic E-state index is 13.9. The number of aromatic nitrogens is 3. The van der Waals surface area contributed by atoms with Crippen molar-refractivity contribution in [3.8, 4) is 0 Å². The molecule has 2 aromatic heterocycles. The van der Waals surface area contributed by atoms with Crippen LogP contribution in [0.2, 0.25) is 0 Å². The first-order valence-corrected chi connectivity index (χ1v) is 12.6. The summed E-state index contributed by atoms with van der Waals surface area (Å²) in [7, 11) is 0. The molecule has 176 valence electrons. The Morgan fingerprint density at radius 1 is 1.21 bits per heavy atom. The summed E-state index contributed by atoms with van der Waals surface area (Å²) in [6.07, 6.45) is 10.3. The van der Waals surface area contributed by atoms with Crippen molar-refractivity contribution >= 4 is 11.7 Å². The number of aromatic amines is 1. The number of aryl methyl sites for hydroxylation is 1. The van der Waals surface area contributed by atoms with Crippen molar-refractivity contribution < 1.29 is 9.18 Å². The number of fused-ring (bicyclic) bond motifs is 7. The zero-order valence-electron chi connectivity index (χ0n) is 19.6. The Bertz CT molecular complexity index is 1220. The number of rotatable bonds is 5. The normalized spacial score (nSPS) is 29.0. The summed E-state index contributed by atoms with van der Waals surface area (Å²) in [5.74, 6) is 1.55. The largest absolute Gasteiger partial charge is 0.308 e. The van der Waals surface area contributed by atoms with Crippen LogP contribution in [0.15, 0.2) is 48.8 Å². The number of carbonyl (C=O) groups is 1. The summed E-state index contributed by atoms with van der Waals surface area (Å²) in [5.41, 5.74) is 5.87. The average Bonchev–Trinajstić information content (AvgIpc) is 3.42. The lowest BCUT2D eigenvalue weighted by Gasteiger charge is -2.50. The minimum atomic E-state index is -0.503. The first-order valence-electron chi connectivity index (χ1n) is 12.6. The van der Waals surface area contributed by atoms with Crippen molar-refractivity contribution in [3.05, 3.63) is 77.0 Å². The lowest BCUT2D eigenvalue weighted by Crippen LogP contribution is -2.44. The van der Waals surface area contributed by atoms with Crippen LogP contribution < -0.4 is 5.32 Å². The van der Waals surface area contributed by atoms with E-state index in [4.69, 9.17) is 0 Å². The topological polar surface area (TPSA) is 70.7 Å². The lowest BCUT2D eigenvalue weighted by atomic mass is 9.53. The molecule has 0 saturated heterocycles. The number of nitrogens with one attached hydrogen (secondary N) is 2. The Balaban J connectivity index is 1.21. The molecule has 3 aliphatic carbocycles. The standard InChI is InChI=1S/C28H31FN4O/c1-28-14-13-19-18-7-3-2-6-17(18)11-12-21(19)25(28)20(22-16-31-33-26(22)28)8-4-10-24(34)32-27-23(29)9-5-15-30-27/h2-3,5-7,9,15-16,19-21,25H,4,8,10-14H2,1H3,(H,31,33)(H,30,32,34)/t19?,20-,21?,25?,28+/m1/s1. The van der Waals surface area contributed by atoms with E-state index in [1.54, 1.807) is 5.56 Å². The monoisotopic (exact) mass is 458 g/mol. The fourth-order valence-electron chi connectivity index (χ4n) is 7.52. The highest BCUT2D eigenvalue weighted by Crippen LogP contribution is 2.64. The van der Waals surface area contributed by atoms with Gasteiger partial charge in [0.05, 0.1) is 6.20 Å². The molecule has 5 atom stereocenters. The van der Waals surface area contributed by atoms with Gasteiger partial charge in [-0.3, -0.25) is 9.89 Å². The first kappa shape index (κ1) is 21.5. The third-order valence-electron chi connectivity index (χ3n) is 8.90. The van der Waals surface area contributed by atoms with E-state index in [2.05, 4.69) is 51.7 Å². The van der Waals surface area contributed by atoms with Crippen LogP contribution in [0.5, 0.6) is 0 Å². The maximum absolute atomic E-state index is 13.9. The van der Waals surface area contributed by atoms with E-state index in [0.717, 1.165) is 25.7 Å². The Kier molecular flexibility index (Phi) is 5.27. The lowest BCUT2D eigenvalue weighted by molar-refractivity contribution is -0.116. The molecule has 1 saturated carbocycles. The quantitative estimate of drug-likeness (QED) is 0.503. The second kappa shape index (κ2) is 8.33. The predicted octanol–water partition coefficient (Wildman–Crippen LogP) is 5.86. The van der Waals surface area contributed by atoms with Gasteiger partial charge in [-0.15, -0.1) is 0 Å². The molecule has 1 fully saturated rings. The van der Waals surface area contributed by atoms with Crippen LogP contribution in [0.3, 0.4) is 0 Å². The number of anilines is 1. The van der Waals surface area contributed by atoms with Crippen molar-refractivity contribution in [1.82, 2.24) is 15.2 Å². The van der Waals surface area contributed by atoms with Crippen LogP contribution in [0.1, 0.15) is 79.7 Å². The molecule has 0 spiro atoms. The number of halogens is 1. The van der Waals surface area contributed by atoms with Crippen molar-refractivity contribution in [2.45, 2.75) is 69.1 Å². The van der Waals surface area contributed by atoms with Crippen molar-refractivity contribution in [1.29, 1.82) is 0 Å². The van der Waals surface area contributed by atoms with Gasteiger partial charge in [0.25, 0.3) is 0 Å². The molecular weight excluding hydrogens is 427 g/mol. The second-order valence-electron chi connectivity index (χ2n) is 10.6. The third kappa shape index (κ3) is 3.38. The van der Waals surface area contributed by atoms with E-state index in [1.807, 2.05) is 6.20 Å². The molecule has 3 unspecified atom stereocenters. The van der Waals surface area contributed by atoms with Gasteiger partial charge in [-0.05, 0) is 91.0 Å². The van der Waals surface area contributed by atoms with Crippen LogP contribution in [-0.4, -0.2) is 21.1 Å². The summed E-state index contributed by atoms with van der Waals surface area (Å²) >= 11 is 0. The smallest absolute Gasteiger partial charge is 0.225 e. The van der Waals surface area contributed by atoms with E-state index < -0.39 is 5.82 Å². The molecule has 5 nitrogen and oxygen atoms in total. The van der Waals surface area contributed by atoms with E-state index in [-0.39, 0.29) is 17.1 Å². The minimum Gasteiger partial charge on any atom is -0.308 e. The minimum absolute atomic E-state index is 0.00838. The molecule has 2 heterocycles. The average molecular weight is 459 g/mol. The van der Waals surface area contributed by atoms with Gasteiger partial charge in [0.1, 0.15) is 0 Å². The number of amides is 1. The highest BCUT2D eigenvalue weighted by atomic mass is 19.1. The Morgan fingerprint density at radius 3 is 2.97 bits per heavy atom. The Labute approximate surface area is 199 Å².